The summed E-state index contributed by atoms with van der Waals surface area (Å²) in [4.78, 5) is 0. The summed E-state index contributed by atoms with van der Waals surface area (Å²) in [5.74, 6) is 1.75. The van der Waals surface area contributed by atoms with Crippen molar-refractivity contribution in [3.05, 3.63) is 29.8 Å². The minimum atomic E-state index is 0.426. The molecule has 2 heteroatoms. The second-order valence-electron chi connectivity index (χ2n) is 4.70. The van der Waals surface area contributed by atoms with Crippen LogP contribution in [0.4, 0.5) is 0 Å². The van der Waals surface area contributed by atoms with Gasteiger partial charge in [-0.05, 0) is 55.5 Å². The van der Waals surface area contributed by atoms with Gasteiger partial charge in [-0.25, -0.2) is 0 Å². The van der Waals surface area contributed by atoms with Crippen LogP contribution in [0.15, 0.2) is 24.3 Å². The third-order valence-corrected chi connectivity index (χ3v) is 3.98. The van der Waals surface area contributed by atoms with Crippen LogP contribution >= 0.6 is 0 Å². The number of hydrogen-bond acceptors (Lipinski definition) is 2. The number of rotatable bonds is 5. The fourth-order valence-electron chi connectivity index (χ4n) is 2.81. The number of methoxy groups -OCH3 is 1. The minimum Gasteiger partial charge on any atom is -0.497 e. The van der Waals surface area contributed by atoms with Crippen molar-refractivity contribution in [2.75, 3.05) is 20.7 Å². The highest BCUT2D eigenvalue weighted by Gasteiger charge is 2.52. The average Bonchev–Trinajstić information content (AvgIpc) is 3.05. The molecule has 0 radical (unpaired) electrons. The largest absolute Gasteiger partial charge is 0.497 e. The first kappa shape index (κ1) is 11.5. The van der Waals surface area contributed by atoms with Gasteiger partial charge in [0.05, 0.1) is 7.11 Å². The van der Waals surface area contributed by atoms with Gasteiger partial charge in [-0.15, -0.1) is 0 Å². The van der Waals surface area contributed by atoms with Gasteiger partial charge >= 0.3 is 0 Å². The van der Waals surface area contributed by atoms with E-state index < -0.39 is 0 Å². The molecule has 0 amide bonds. The Balaban J connectivity index is 2.16. The van der Waals surface area contributed by atoms with E-state index in [1.54, 1.807) is 7.11 Å². The average molecular weight is 219 g/mol. The van der Waals surface area contributed by atoms with Gasteiger partial charge in [0.15, 0.2) is 0 Å². The molecule has 2 atom stereocenters. The van der Waals surface area contributed by atoms with Gasteiger partial charge in [-0.1, -0.05) is 19.1 Å². The summed E-state index contributed by atoms with van der Waals surface area (Å²) in [6.07, 6.45) is 2.54. The second-order valence-corrected chi connectivity index (χ2v) is 4.70. The minimum absolute atomic E-state index is 0.426. The summed E-state index contributed by atoms with van der Waals surface area (Å²) in [6.45, 7) is 3.42. The molecule has 2 nitrogen and oxygen atoms in total. The molecule has 88 valence electrons. The van der Waals surface area contributed by atoms with Crippen LogP contribution in [0.3, 0.4) is 0 Å². The number of ether oxygens (including phenoxy) is 1. The summed E-state index contributed by atoms with van der Waals surface area (Å²) in [5, 5.41) is 3.29. The maximum atomic E-state index is 5.20. The Bertz CT molecular complexity index is 346. The van der Waals surface area contributed by atoms with Crippen molar-refractivity contribution < 1.29 is 4.74 Å². The van der Waals surface area contributed by atoms with Crippen LogP contribution < -0.4 is 10.1 Å². The fourth-order valence-corrected chi connectivity index (χ4v) is 2.81. The van der Waals surface area contributed by atoms with Crippen molar-refractivity contribution in [1.82, 2.24) is 5.32 Å². The molecule has 2 unspecified atom stereocenters. The molecule has 0 aliphatic heterocycles. The molecular formula is C14H21NO. The smallest absolute Gasteiger partial charge is 0.118 e. The van der Waals surface area contributed by atoms with Crippen LogP contribution in [0.25, 0.3) is 0 Å². The molecule has 0 heterocycles. The van der Waals surface area contributed by atoms with E-state index in [0.717, 1.165) is 18.2 Å². The van der Waals surface area contributed by atoms with E-state index in [1.165, 1.54) is 18.4 Å². The zero-order valence-electron chi connectivity index (χ0n) is 10.4. The first-order valence-electron chi connectivity index (χ1n) is 6.06. The third kappa shape index (κ3) is 1.82. The molecule has 1 aliphatic carbocycles. The van der Waals surface area contributed by atoms with Crippen LogP contribution in [-0.4, -0.2) is 20.7 Å². The summed E-state index contributed by atoms with van der Waals surface area (Å²) in [7, 11) is 3.75. The van der Waals surface area contributed by atoms with E-state index in [0.29, 0.717) is 5.41 Å². The van der Waals surface area contributed by atoms with E-state index >= 15 is 0 Å². The Hall–Kier alpha value is -1.02. The molecule has 0 bridgehead atoms. The Morgan fingerprint density at radius 3 is 2.56 bits per heavy atom. The summed E-state index contributed by atoms with van der Waals surface area (Å²) in [5.41, 5.74) is 1.89. The van der Waals surface area contributed by atoms with Crippen LogP contribution in [-0.2, 0) is 5.41 Å². The molecule has 0 spiro atoms. The molecule has 2 rings (SSSR count). The molecule has 1 aromatic carbocycles. The maximum absolute atomic E-state index is 5.20. The second kappa shape index (κ2) is 4.46. The summed E-state index contributed by atoms with van der Waals surface area (Å²) < 4.78 is 5.20. The Kier molecular flexibility index (Phi) is 3.20. The van der Waals surface area contributed by atoms with Crippen molar-refractivity contribution in [2.45, 2.75) is 25.2 Å². The molecule has 1 aliphatic rings. The Morgan fingerprint density at radius 2 is 2.06 bits per heavy atom. The molecule has 1 fully saturated rings. The molecule has 1 aromatic rings. The highest BCUT2D eigenvalue weighted by Crippen LogP contribution is 2.56. The standard InChI is InChI=1S/C14H21NO/c1-4-14(9-12(14)10-15-2)11-5-7-13(16-3)8-6-11/h5-8,12,15H,4,9-10H2,1-3H3. The van der Waals surface area contributed by atoms with Crippen LogP contribution in [0.2, 0.25) is 0 Å². The van der Waals surface area contributed by atoms with Gasteiger partial charge < -0.3 is 10.1 Å². The van der Waals surface area contributed by atoms with Gasteiger partial charge in [0.2, 0.25) is 0 Å². The van der Waals surface area contributed by atoms with E-state index in [2.05, 4.69) is 36.5 Å². The summed E-state index contributed by atoms with van der Waals surface area (Å²) in [6, 6.07) is 8.58. The van der Waals surface area contributed by atoms with E-state index in [1.807, 2.05) is 7.05 Å². The lowest BCUT2D eigenvalue weighted by Gasteiger charge is -2.16. The molecule has 1 N–H and O–H groups in total. The Labute approximate surface area is 98.0 Å². The zero-order valence-corrected chi connectivity index (χ0v) is 10.4. The van der Waals surface area contributed by atoms with E-state index in [9.17, 15) is 0 Å². The van der Waals surface area contributed by atoms with Gasteiger partial charge in [0.1, 0.15) is 5.75 Å². The van der Waals surface area contributed by atoms with E-state index in [-0.39, 0.29) is 0 Å². The van der Waals surface area contributed by atoms with Crippen LogP contribution in [0, 0.1) is 5.92 Å². The predicted octanol–water partition coefficient (Wildman–Crippen LogP) is 2.58. The van der Waals surface area contributed by atoms with Crippen LogP contribution in [0.5, 0.6) is 5.75 Å². The van der Waals surface area contributed by atoms with Gasteiger partial charge in [0.25, 0.3) is 0 Å². The van der Waals surface area contributed by atoms with Crippen LogP contribution in [0.1, 0.15) is 25.3 Å². The lowest BCUT2D eigenvalue weighted by Crippen LogP contribution is -2.17. The molecule has 0 saturated heterocycles. The van der Waals surface area contributed by atoms with Crippen molar-refractivity contribution >= 4 is 0 Å². The zero-order chi connectivity index (χ0) is 11.6. The molecule has 16 heavy (non-hydrogen) atoms. The van der Waals surface area contributed by atoms with Crippen molar-refractivity contribution in [3.63, 3.8) is 0 Å². The third-order valence-electron chi connectivity index (χ3n) is 3.98. The summed E-state index contributed by atoms with van der Waals surface area (Å²) >= 11 is 0. The first-order chi connectivity index (χ1) is 7.76. The lowest BCUT2D eigenvalue weighted by molar-refractivity contribution is 0.414. The monoisotopic (exact) mass is 219 g/mol. The maximum Gasteiger partial charge on any atom is 0.118 e. The lowest BCUT2D eigenvalue weighted by atomic mass is 9.90. The van der Waals surface area contributed by atoms with E-state index in [4.69, 9.17) is 4.74 Å². The molecule has 0 aromatic heterocycles. The SMILES string of the molecule is CCC1(c2ccc(OC)cc2)CC1CNC. The Morgan fingerprint density at radius 1 is 1.38 bits per heavy atom. The molecule has 1 saturated carbocycles. The van der Waals surface area contributed by atoms with Gasteiger partial charge in [-0.2, -0.15) is 0 Å². The van der Waals surface area contributed by atoms with Crippen molar-refractivity contribution in [2.24, 2.45) is 5.92 Å². The number of nitrogens with one attached hydrogen (secondary N) is 1. The fraction of sp³-hybridized carbons (Fsp3) is 0.571. The van der Waals surface area contributed by atoms with Gasteiger partial charge in [0, 0.05) is 0 Å². The first-order valence-corrected chi connectivity index (χ1v) is 6.06. The van der Waals surface area contributed by atoms with Crippen molar-refractivity contribution in [1.29, 1.82) is 0 Å². The number of benzene rings is 1. The normalized spacial score (nSPS) is 27.8. The highest BCUT2D eigenvalue weighted by atomic mass is 16.5. The quantitative estimate of drug-likeness (QED) is 0.822. The molecular weight excluding hydrogens is 198 g/mol. The predicted molar refractivity (Wildman–Crippen MR) is 67.0 cm³/mol. The van der Waals surface area contributed by atoms with Gasteiger partial charge in [-0.3, -0.25) is 0 Å². The topological polar surface area (TPSA) is 21.3 Å². The van der Waals surface area contributed by atoms with Crippen molar-refractivity contribution in [3.8, 4) is 5.75 Å². The number of hydrogen-bond donors (Lipinski definition) is 1. The highest BCUT2D eigenvalue weighted by molar-refractivity contribution is 5.37.